The summed E-state index contributed by atoms with van der Waals surface area (Å²) in [5.41, 5.74) is 0. The van der Waals surface area contributed by atoms with Crippen LogP contribution in [0.3, 0.4) is 0 Å². The van der Waals surface area contributed by atoms with Crippen LogP contribution < -0.4 is 5.32 Å². The van der Waals surface area contributed by atoms with E-state index in [1.165, 1.54) is 6.92 Å². The van der Waals surface area contributed by atoms with Gasteiger partial charge >= 0.3 is 0 Å². The number of Topliss-reactive ketones (excluding diaryl/α,β-unsaturated/α-hetero) is 1. The fourth-order valence-electron chi connectivity index (χ4n) is 0.783. The zero-order valence-corrected chi connectivity index (χ0v) is 8.22. The molecular formula is C9H15NO3. The van der Waals surface area contributed by atoms with Gasteiger partial charge in [-0.2, -0.15) is 0 Å². The minimum atomic E-state index is -0.798. The number of hydrogen-bond donors (Lipinski definition) is 1. The minimum absolute atomic E-state index is 0.185. The maximum absolute atomic E-state index is 11.1. The molecule has 0 radical (unpaired) electrons. The number of amides is 2. The zero-order valence-electron chi connectivity index (χ0n) is 8.22. The third-order valence-electron chi connectivity index (χ3n) is 1.77. The zero-order chi connectivity index (χ0) is 10.4. The summed E-state index contributed by atoms with van der Waals surface area (Å²) in [4.78, 5) is 32.4. The predicted molar refractivity (Wildman–Crippen MR) is 47.9 cm³/mol. The molecule has 0 aliphatic heterocycles. The molecule has 0 aromatic heterocycles. The minimum Gasteiger partial charge on any atom is -0.290 e. The van der Waals surface area contributed by atoms with Crippen LogP contribution in [0.1, 0.15) is 33.6 Å². The van der Waals surface area contributed by atoms with Crippen LogP contribution in [0.15, 0.2) is 0 Å². The molecule has 0 aliphatic rings. The molecule has 0 aliphatic carbocycles. The van der Waals surface area contributed by atoms with Crippen molar-refractivity contribution in [3.8, 4) is 0 Å². The highest BCUT2D eigenvalue weighted by Gasteiger charge is 2.16. The fourth-order valence-corrected chi connectivity index (χ4v) is 0.783. The van der Waals surface area contributed by atoms with Gasteiger partial charge in [-0.3, -0.25) is 19.7 Å². The van der Waals surface area contributed by atoms with Crippen molar-refractivity contribution >= 4 is 17.6 Å². The van der Waals surface area contributed by atoms with Crippen LogP contribution in [0.2, 0.25) is 0 Å². The van der Waals surface area contributed by atoms with E-state index in [1.807, 2.05) is 19.2 Å². The normalized spacial score (nSPS) is 11.9. The lowest BCUT2D eigenvalue weighted by Crippen LogP contribution is -2.34. The lowest BCUT2D eigenvalue weighted by atomic mass is 10.0. The van der Waals surface area contributed by atoms with Gasteiger partial charge in [-0.25, -0.2) is 0 Å². The van der Waals surface area contributed by atoms with E-state index in [9.17, 15) is 14.4 Å². The van der Waals surface area contributed by atoms with Crippen molar-refractivity contribution in [1.29, 1.82) is 0 Å². The standard InChI is InChI=1S/C9H15NO3/c1-4-6(2)5-8(12)9(13)10-7(3)11/h6H,4-5H2,1-3H3,(H,10,11,13). The number of hydrogen-bond acceptors (Lipinski definition) is 3. The molecule has 4 nitrogen and oxygen atoms in total. The molecule has 0 spiro atoms. The van der Waals surface area contributed by atoms with Crippen molar-refractivity contribution < 1.29 is 14.4 Å². The van der Waals surface area contributed by atoms with Gasteiger partial charge in [0.1, 0.15) is 0 Å². The highest BCUT2D eigenvalue weighted by Crippen LogP contribution is 2.06. The SMILES string of the molecule is CCC(C)CC(=O)C(=O)NC(C)=O. The van der Waals surface area contributed by atoms with E-state index in [-0.39, 0.29) is 12.3 Å². The number of imide groups is 1. The molecule has 13 heavy (non-hydrogen) atoms. The lowest BCUT2D eigenvalue weighted by Gasteiger charge is -2.05. The molecule has 0 fully saturated rings. The molecule has 4 heteroatoms. The van der Waals surface area contributed by atoms with Gasteiger partial charge in [0.2, 0.25) is 11.7 Å². The van der Waals surface area contributed by atoms with E-state index in [0.29, 0.717) is 0 Å². The van der Waals surface area contributed by atoms with E-state index in [2.05, 4.69) is 0 Å². The molecule has 1 atom stereocenters. The Labute approximate surface area is 77.7 Å². The number of carbonyl (C=O) groups is 3. The molecule has 0 aromatic carbocycles. The van der Waals surface area contributed by atoms with Crippen LogP contribution in [0, 0.1) is 5.92 Å². The molecule has 0 heterocycles. The Morgan fingerprint density at radius 2 is 1.85 bits per heavy atom. The number of carbonyl (C=O) groups excluding carboxylic acids is 3. The second-order valence-corrected chi connectivity index (χ2v) is 3.15. The Bertz CT molecular complexity index is 223. The summed E-state index contributed by atoms with van der Waals surface area (Å²) in [6, 6.07) is 0. The average molecular weight is 185 g/mol. The van der Waals surface area contributed by atoms with Gasteiger partial charge in [-0.05, 0) is 5.92 Å². The van der Waals surface area contributed by atoms with Gasteiger partial charge in [-0.1, -0.05) is 20.3 Å². The Kier molecular flexibility index (Phi) is 4.96. The third-order valence-corrected chi connectivity index (χ3v) is 1.77. The smallest absolute Gasteiger partial charge is 0.290 e. The van der Waals surface area contributed by atoms with E-state index in [1.54, 1.807) is 0 Å². The Hall–Kier alpha value is -1.19. The summed E-state index contributed by atoms with van der Waals surface area (Å²) in [6.45, 7) is 5.04. The highest BCUT2D eigenvalue weighted by atomic mass is 16.2. The Balaban J connectivity index is 3.97. The van der Waals surface area contributed by atoms with Gasteiger partial charge in [0, 0.05) is 13.3 Å². The summed E-state index contributed by atoms with van der Waals surface area (Å²) < 4.78 is 0. The maximum Gasteiger partial charge on any atom is 0.293 e. The molecule has 0 rings (SSSR count). The van der Waals surface area contributed by atoms with Crippen LogP contribution >= 0.6 is 0 Å². The lowest BCUT2D eigenvalue weighted by molar-refractivity contribution is -0.141. The van der Waals surface area contributed by atoms with Crippen LogP contribution in [-0.4, -0.2) is 17.6 Å². The first-order valence-electron chi connectivity index (χ1n) is 4.32. The quantitative estimate of drug-likeness (QED) is 0.654. The van der Waals surface area contributed by atoms with Gasteiger partial charge in [0.15, 0.2) is 0 Å². The molecule has 0 aromatic rings. The predicted octanol–water partition coefficient (Wildman–Crippen LogP) is 0.654. The monoisotopic (exact) mass is 185 g/mol. The van der Waals surface area contributed by atoms with Crippen LogP contribution in [-0.2, 0) is 14.4 Å². The maximum atomic E-state index is 11.1. The summed E-state index contributed by atoms with van der Waals surface area (Å²) >= 11 is 0. The summed E-state index contributed by atoms with van der Waals surface area (Å²) in [5, 5.41) is 1.94. The number of nitrogens with one attached hydrogen (secondary N) is 1. The van der Waals surface area contributed by atoms with Crippen LogP contribution in [0.4, 0.5) is 0 Å². The first kappa shape index (κ1) is 11.8. The van der Waals surface area contributed by atoms with Gasteiger partial charge in [0.25, 0.3) is 5.91 Å². The number of ketones is 1. The second-order valence-electron chi connectivity index (χ2n) is 3.15. The van der Waals surface area contributed by atoms with Gasteiger partial charge in [0.05, 0.1) is 0 Å². The van der Waals surface area contributed by atoms with Gasteiger partial charge in [-0.15, -0.1) is 0 Å². The topological polar surface area (TPSA) is 63.2 Å². The third kappa shape index (κ3) is 5.11. The summed E-state index contributed by atoms with van der Waals surface area (Å²) in [7, 11) is 0. The van der Waals surface area contributed by atoms with Crippen molar-refractivity contribution in [2.24, 2.45) is 5.92 Å². The summed E-state index contributed by atoms with van der Waals surface area (Å²) in [6.07, 6.45) is 1.05. The van der Waals surface area contributed by atoms with Crippen molar-refractivity contribution in [1.82, 2.24) is 5.32 Å². The first-order valence-corrected chi connectivity index (χ1v) is 4.32. The van der Waals surface area contributed by atoms with Crippen molar-refractivity contribution in [2.75, 3.05) is 0 Å². The first-order chi connectivity index (χ1) is 5.97. The van der Waals surface area contributed by atoms with Crippen LogP contribution in [0.25, 0.3) is 0 Å². The van der Waals surface area contributed by atoms with Crippen LogP contribution in [0.5, 0.6) is 0 Å². The fraction of sp³-hybridized carbons (Fsp3) is 0.667. The summed E-state index contributed by atoms with van der Waals surface area (Å²) in [5.74, 6) is -1.63. The number of rotatable bonds is 4. The van der Waals surface area contributed by atoms with Gasteiger partial charge < -0.3 is 0 Å². The van der Waals surface area contributed by atoms with E-state index in [0.717, 1.165) is 6.42 Å². The molecule has 1 unspecified atom stereocenters. The molecular weight excluding hydrogens is 170 g/mol. The van der Waals surface area contributed by atoms with E-state index >= 15 is 0 Å². The molecule has 74 valence electrons. The van der Waals surface area contributed by atoms with E-state index in [4.69, 9.17) is 0 Å². The molecule has 0 saturated heterocycles. The molecule has 0 bridgehead atoms. The van der Waals surface area contributed by atoms with Crippen molar-refractivity contribution in [3.63, 3.8) is 0 Å². The molecule has 2 amide bonds. The molecule has 1 N–H and O–H groups in total. The van der Waals surface area contributed by atoms with Crippen molar-refractivity contribution in [3.05, 3.63) is 0 Å². The Morgan fingerprint density at radius 3 is 2.23 bits per heavy atom. The largest absolute Gasteiger partial charge is 0.293 e. The highest BCUT2D eigenvalue weighted by molar-refractivity contribution is 6.38. The van der Waals surface area contributed by atoms with E-state index < -0.39 is 17.6 Å². The average Bonchev–Trinajstić information content (AvgIpc) is 2.02. The second kappa shape index (κ2) is 5.45. The van der Waals surface area contributed by atoms with Crippen molar-refractivity contribution in [2.45, 2.75) is 33.6 Å². The molecule has 0 saturated carbocycles. The Morgan fingerprint density at radius 1 is 1.31 bits per heavy atom.